The Hall–Kier alpha value is -2.47. The minimum atomic E-state index is -1.01. The summed E-state index contributed by atoms with van der Waals surface area (Å²) in [6, 6.07) is 10.4. The first-order chi connectivity index (χ1) is 13.0. The standard InChI is InChI=1S/C20H14Cl2O4S/c21-16-6-7-17(23)20(22)14(16)9-26-18-11-27-10-15(18)13-4-2-1-3-12(13)5-8-19(24)25/h1-8,10-11,23H,9H2,(H,24,25)/b8-5+. The Labute approximate surface area is 169 Å². The zero-order valence-corrected chi connectivity index (χ0v) is 16.2. The molecule has 0 bridgehead atoms. The van der Waals surface area contributed by atoms with E-state index in [0.29, 0.717) is 16.3 Å². The smallest absolute Gasteiger partial charge is 0.328 e. The molecular weight excluding hydrogens is 407 g/mol. The Morgan fingerprint density at radius 3 is 2.67 bits per heavy atom. The predicted molar refractivity (Wildman–Crippen MR) is 109 cm³/mol. The first kappa shape index (κ1) is 19.3. The maximum absolute atomic E-state index is 10.8. The molecule has 0 unspecified atom stereocenters. The van der Waals surface area contributed by atoms with Crippen LogP contribution in [0.2, 0.25) is 10.0 Å². The maximum Gasteiger partial charge on any atom is 0.328 e. The number of hydrogen-bond donors (Lipinski definition) is 2. The molecular formula is C20H14Cl2O4S. The molecule has 138 valence electrons. The molecule has 0 atom stereocenters. The van der Waals surface area contributed by atoms with Crippen molar-refractivity contribution in [2.24, 2.45) is 0 Å². The van der Waals surface area contributed by atoms with Gasteiger partial charge in [0.2, 0.25) is 0 Å². The van der Waals surface area contributed by atoms with Crippen LogP contribution in [-0.2, 0) is 11.4 Å². The van der Waals surface area contributed by atoms with Gasteiger partial charge in [0.1, 0.15) is 18.1 Å². The molecule has 0 saturated carbocycles. The van der Waals surface area contributed by atoms with Gasteiger partial charge >= 0.3 is 5.97 Å². The van der Waals surface area contributed by atoms with Crippen LogP contribution in [-0.4, -0.2) is 16.2 Å². The Morgan fingerprint density at radius 2 is 1.89 bits per heavy atom. The summed E-state index contributed by atoms with van der Waals surface area (Å²) in [7, 11) is 0. The van der Waals surface area contributed by atoms with Crippen molar-refractivity contribution in [3.8, 4) is 22.6 Å². The van der Waals surface area contributed by atoms with Crippen molar-refractivity contribution >= 4 is 46.6 Å². The van der Waals surface area contributed by atoms with E-state index >= 15 is 0 Å². The Kier molecular flexibility index (Phi) is 6.06. The van der Waals surface area contributed by atoms with Crippen LogP contribution in [0.25, 0.3) is 17.2 Å². The zero-order chi connectivity index (χ0) is 19.4. The van der Waals surface area contributed by atoms with Gasteiger partial charge in [-0.25, -0.2) is 4.79 Å². The number of carboxylic acids is 1. The number of rotatable bonds is 6. The molecule has 3 aromatic rings. The van der Waals surface area contributed by atoms with Crippen LogP contribution in [0.15, 0.2) is 53.2 Å². The molecule has 4 nitrogen and oxygen atoms in total. The molecule has 2 aromatic carbocycles. The fourth-order valence-corrected chi connectivity index (χ4v) is 3.76. The van der Waals surface area contributed by atoms with Crippen LogP contribution >= 0.6 is 34.5 Å². The summed E-state index contributed by atoms with van der Waals surface area (Å²) in [5, 5.41) is 23.0. The Bertz CT molecular complexity index is 1010. The van der Waals surface area contributed by atoms with Crippen LogP contribution in [0.5, 0.6) is 11.5 Å². The van der Waals surface area contributed by atoms with Gasteiger partial charge in [-0.3, -0.25) is 0 Å². The third-order valence-electron chi connectivity index (χ3n) is 3.82. The highest BCUT2D eigenvalue weighted by Crippen LogP contribution is 2.38. The minimum absolute atomic E-state index is 0.0608. The van der Waals surface area contributed by atoms with Crippen LogP contribution in [0.3, 0.4) is 0 Å². The molecule has 0 amide bonds. The highest BCUT2D eigenvalue weighted by molar-refractivity contribution is 7.08. The molecule has 0 aliphatic rings. The van der Waals surface area contributed by atoms with Gasteiger partial charge in [-0.2, -0.15) is 0 Å². The molecule has 27 heavy (non-hydrogen) atoms. The molecule has 0 fully saturated rings. The highest BCUT2D eigenvalue weighted by atomic mass is 35.5. The summed E-state index contributed by atoms with van der Waals surface area (Å²) in [5.74, 6) is -0.458. The second-order valence-corrected chi connectivity index (χ2v) is 7.08. The lowest BCUT2D eigenvalue weighted by Gasteiger charge is -2.12. The van der Waals surface area contributed by atoms with Gasteiger partial charge in [-0.15, -0.1) is 11.3 Å². The number of aliphatic carboxylic acids is 1. The lowest BCUT2D eigenvalue weighted by molar-refractivity contribution is -0.131. The van der Waals surface area contributed by atoms with Crippen molar-refractivity contribution in [2.45, 2.75) is 6.61 Å². The van der Waals surface area contributed by atoms with E-state index in [-0.39, 0.29) is 17.4 Å². The van der Waals surface area contributed by atoms with Crippen LogP contribution < -0.4 is 4.74 Å². The Morgan fingerprint density at radius 1 is 1.11 bits per heavy atom. The number of phenols is 1. The summed E-state index contributed by atoms with van der Waals surface area (Å²) < 4.78 is 5.90. The highest BCUT2D eigenvalue weighted by Gasteiger charge is 2.14. The van der Waals surface area contributed by atoms with Crippen LogP contribution in [0, 0.1) is 0 Å². The Balaban J connectivity index is 1.90. The third kappa shape index (κ3) is 4.45. The van der Waals surface area contributed by atoms with Gasteiger partial charge in [-0.1, -0.05) is 47.5 Å². The van der Waals surface area contributed by atoms with Gasteiger partial charge < -0.3 is 14.9 Å². The quantitative estimate of drug-likeness (QED) is 0.472. The van der Waals surface area contributed by atoms with Crippen molar-refractivity contribution in [3.05, 3.63) is 74.4 Å². The fourth-order valence-electron chi connectivity index (χ4n) is 2.51. The van der Waals surface area contributed by atoms with E-state index in [1.807, 2.05) is 35.0 Å². The lowest BCUT2D eigenvalue weighted by atomic mass is 10.0. The molecule has 3 rings (SSSR count). The van der Waals surface area contributed by atoms with E-state index in [1.165, 1.54) is 17.4 Å². The molecule has 0 spiro atoms. The molecule has 2 N–H and O–H groups in total. The number of halogens is 2. The molecule has 0 aliphatic carbocycles. The van der Waals surface area contributed by atoms with E-state index in [4.69, 9.17) is 33.0 Å². The van der Waals surface area contributed by atoms with E-state index in [0.717, 1.165) is 22.8 Å². The summed E-state index contributed by atoms with van der Waals surface area (Å²) in [4.78, 5) is 10.8. The monoisotopic (exact) mass is 420 g/mol. The number of benzene rings is 2. The minimum Gasteiger partial charge on any atom is -0.506 e. The first-order valence-electron chi connectivity index (χ1n) is 7.82. The molecule has 0 saturated heterocycles. The van der Waals surface area contributed by atoms with Crippen molar-refractivity contribution < 1.29 is 19.7 Å². The van der Waals surface area contributed by atoms with Crippen molar-refractivity contribution in [1.29, 1.82) is 0 Å². The van der Waals surface area contributed by atoms with E-state index in [1.54, 1.807) is 12.1 Å². The van der Waals surface area contributed by atoms with Crippen molar-refractivity contribution in [2.75, 3.05) is 0 Å². The number of thiophene rings is 1. The maximum atomic E-state index is 10.8. The number of carbonyl (C=O) groups is 1. The molecule has 1 aromatic heterocycles. The number of phenolic OH excluding ortho intramolecular Hbond substituents is 1. The van der Waals surface area contributed by atoms with E-state index in [2.05, 4.69) is 0 Å². The summed E-state index contributed by atoms with van der Waals surface area (Å²) in [6.07, 6.45) is 2.64. The number of hydrogen-bond acceptors (Lipinski definition) is 4. The second kappa shape index (κ2) is 8.48. The summed E-state index contributed by atoms with van der Waals surface area (Å²) >= 11 is 13.7. The van der Waals surface area contributed by atoms with Crippen molar-refractivity contribution in [1.82, 2.24) is 0 Å². The van der Waals surface area contributed by atoms with Gasteiger partial charge in [0.25, 0.3) is 0 Å². The van der Waals surface area contributed by atoms with E-state index < -0.39 is 5.97 Å². The average Bonchev–Trinajstić information content (AvgIpc) is 3.12. The van der Waals surface area contributed by atoms with Gasteiger partial charge in [0.15, 0.2) is 0 Å². The first-order valence-corrected chi connectivity index (χ1v) is 9.52. The largest absolute Gasteiger partial charge is 0.506 e. The summed E-state index contributed by atoms with van der Waals surface area (Å²) in [6.45, 7) is 0.0862. The topological polar surface area (TPSA) is 66.8 Å². The zero-order valence-electron chi connectivity index (χ0n) is 13.9. The van der Waals surface area contributed by atoms with Crippen LogP contribution in [0.4, 0.5) is 0 Å². The molecule has 0 radical (unpaired) electrons. The van der Waals surface area contributed by atoms with Crippen LogP contribution in [0.1, 0.15) is 11.1 Å². The third-order valence-corrected chi connectivity index (χ3v) is 5.32. The molecule has 7 heteroatoms. The number of carboxylic acid groups (broad SMARTS) is 1. The van der Waals surface area contributed by atoms with Gasteiger partial charge in [0.05, 0.1) is 5.02 Å². The number of ether oxygens (including phenoxy) is 1. The van der Waals surface area contributed by atoms with Crippen molar-refractivity contribution in [3.63, 3.8) is 0 Å². The van der Waals surface area contributed by atoms with E-state index in [9.17, 15) is 9.90 Å². The normalized spacial score (nSPS) is 11.0. The second-order valence-electron chi connectivity index (χ2n) is 5.56. The van der Waals surface area contributed by atoms with Gasteiger partial charge in [0, 0.05) is 33.0 Å². The van der Waals surface area contributed by atoms with Gasteiger partial charge in [-0.05, 0) is 29.3 Å². The predicted octanol–water partition coefficient (Wildman–Crippen LogP) is 6.10. The fraction of sp³-hybridized carbons (Fsp3) is 0.0500. The lowest BCUT2D eigenvalue weighted by Crippen LogP contribution is -1.98. The molecule has 1 heterocycles. The summed E-state index contributed by atoms with van der Waals surface area (Å²) in [5.41, 5.74) is 2.93. The SMILES string of the molecule is O=C(O)/C=C/c1ccccc1-c1cscc1OCc1c(Cl)ccc(O)c1Cl. The molecule has 0 aliphatic heterocycles. The average molecular weight is 421 g/mol. The number of aromatic hydroxyl groups is 1.